The monoisotopic (exact) mass is 278 g/mol. The Morgan fingerprint density at radius 3 is 2.75 bits per heavy atom. The van der Waals surface area contributed by atoms with Gasteiger partial charge in [0.25, 0.3) is 0 Å². The van der Waals surface area contributed by atoms with Crippen LogP contribution < -0.4 is 15.0 Å². The highest BCUT2D eigenvalue weighted by molar-refractivity contribution is 5.89. The van der Waals surface area contributed by atoms with Gasteiger partial charge in [0, 0.05) is 12.8 Å². The van der Waals surface area contributed by atoms with Crippen LogP contribution in [-0.2, 0) is 4.74 Å². The molecule has 1 N–H and O–H groups in total. The van der Waals surface area contributed by atoms with Gasteiger partial charge in [0.15, 0.2) is 0 Å². The Bertz CT molecular complexity index is 485. The molecule has 3 rings (SSSR count). The van der Waals surface area contributed by atoms with Crippen LogP contribution in [0, 0.1) is 0 Å². The summed E-state index contributed by atoms with van der Waals surface area (Å²) < 4.78 is 10.8. The molecule has 7 heteroatoms. The first-order valence-corrected chi connectivity index (χ1v) is 6.88. The molecule has 0 aliphatic carbocycles. The molecular weight excluding hydrogens is 260 g/mol. The van der Waals surface area contributed by atoms with E-state index in [-0.39, 0.29) is 11.7 Å². The van der Waals surface area contributed by atoms with Crippen LogP contribution in [0.5, 0.6) is 6.01 Å². The Hall–Kier alpha value is -1.89. The first-order chi connectivity index (χ1) is 9.72. The third-order valence-electron chi connectivity index (χ3n) is 3.68. The van der Waals surface area contributed by atoms with Crippen LogP contribution in [0.4, 0.5) is 10.5 Å². The van der Waals surface area contributed by atoms with Gasteiger partial charge in [-0.1, -0.05) is 0 Å². The van der Waals surface area contributed by atoms with Gasteiger partial charge in [-0.25, -0.2) is 14.8 Å². The molecule has 1 amide bonds. The summed E-state index contributed by atoms with van der Waals surface area (Å²) in [6, 6.07) is 0.320. The highest BCUT2D eigenvalue weighted by Crippen LogP contribution is 2.33. The van der Waals surface area contributed by atoms with Crippen LogP contribution in [0.15, 0.2) is 12.4 Å². The first kappa shape index (κ1) is 13.1. The summed E-state index contributed by atoms with van der Waals surface area (Å²) in [6.07, 6.45) is 4.55. The molecule has 0 atom stereocenters. The minimum Gasteiger partial charge on any atom is -0.464 e. The van der Waals surface area contributed by atoms with E-state index in [1.807, 2.05) is 6.92 Å². The molecule has 0 saturated carbocycles. The van der Waals surface area contributed by atoms with Crippen molar-refractivity contribution in [3.63, 3.8) is 0 Å². The molecule has 2 fully saturated rings. The lowest BCUT2D eigenvalue weighted by Crippen LogP contribution is -2.44. The fraction of sp³-hybridized carbons (Fsp3) is 0.615. The highest BCUT2D eigenvalue weighted by Gasteiger charge is 2.46. The van der Waals surface area contributed by atoms with Gasteiger partial charge >= 0.3 is 12.1 Å². The van der Waals surface area contributed by atoms with E-state index in [1.54, 1.807) is 17.3 Å². The topological polar surface area (TPSA) is 76.6 Å². The maximum atomic E-state index is 12.1. The summed E-state index contributed by atoms with van der Waals surface area (Å²) in [4.78, 5) is 21.8. The quantitative estimate of drug-likeness (QED) is 0.887. The Morgan fingerprint density at radius 1 is 1.40 bits per heavy atom. The lowest BCUT2D eigenvalue weighted by atomic mass is 9.92. The van der Waals surface area contributed by atoms with Crippen LogP contribution in [0.25, 0.3) is 0 Å². The molecule has 0 bridgehead atoms. The van der Waals surface area contributed by atoms with E-state index in [0.717, 1.165) is 25.9 Å². The number of hydrogen-bond acceptors (Lipinski definition) is 6. The Morgan fingerprint density at radius 2 is 2.10 bits per heavy atom. The second kappa shape index (κ2) is 5.24. The molecular formula is C13H18N4O3. The summed E-state index contributed by atoms with van der Waals surface area (Å²) in [5, 5.41) is 3.28. The summed E-state index contributed by atoms with van der Waals surface area (Å²) in [5.74, 6) is 0. The molecule has 1 spiro atoms. The van der Waals surface area contributed by atoms with Gasteiger partial charge in [-0.05, 0) is 20.0 Å². The van der Waals surface area contributed by atoms with Crippen molar-refractivity contribution < 1.29 is 14.3 Å². The van der Waals surface area contributed by atoms with Crippen molar-refractivity contribution in [2.45, 2.75) is 25.4 Å². The molecule has 2 aliphatic heterocycles. The molecule has 7 nitrogen and oxygen atoms in total. The zero-order chi connectivity index (χ0) is 14.0. The number of aromatic nitrogens is 2. The Labute approximate surface area is 117 Å². The Balaban J connectivity index is 1.75. The number of nitrogens with one attached hydrogen (secondary N) is 1. The molecule has 2 saturated heterocycles. The predicted molar refractivity (Wildman–Crippen MR) is 71.9 cm³/mol. The smallest absolute Gasteiger partial charge is 0.415 e. The van der Waals surface area contributed by atoms with E-state index >= 15 is 0 Å². The van der Waals surface area contributed by atoms with E-state index in [1.165, 1.54) is 0 Å². The van der Waals surface area contributed by atoms with E-state index < -0.39 is 0 Å². The van der Waals surface area contributed by atoms with Gasteiger partial charge in [-0.2, -0.15) is 0 Å². The van der Waals surface area contributed by atoms with Crippen molar-refractivity contribution in [1.29, 1.82) is 0 Å². The molecule has 3 heterocycles. The van der Waals surface area contributed by atoms with Crippen LogP contribution in [-0.4, -0.2) is 47.9 Å². The minimum atomic E-state index is -0.360. The van der Waals surface area contributed by atoms with Gasteiger partial charge < -0.3 is 14.8 Å². The van der Waals surface area contributed by atoms with E-state index in [2.05, 4.69) is 15.3 Å². The molecule has 0 unspecified atom stereocenters. The highest BCUT2D eigenvalue weighted by atomic mass is 16.6. The molecule has 0 radical (unpaired) electrons. The third kappa shape index (κ3) is 2.40. The van der Waals surface area contributed by atoms with Crippen molar-refractivity contribution in [3.05, 3.63) is 12.4 Å². The normalized spacial score (nSPS) is 21.1. The first-order valence-electron chi connectivity index (χ1n) is 6.88. The SMILES string of the molecule is CCOc1ncc(N2CC3(CCNCC3)OC2=O)cn1. The van der Waals surface area contributed by atoms with E-state index in [4.69, 9.17) is 9.47 Å². The zero-order valence-corrected chi connectivity index (χ0v) is 11.5. The molecule has 108 valence electrons. The predicted octanol–water partition coefficient (Wildman–Crippen LogP) is 0.954. The minimum absolute atomic E-state index is 0.320. The van der Waals surface area contributed by atoms with Gasteiger partial charge in [-0.3, -0.25) is 4.90 Å². The van der Waals surface area contributed by atoms with Gasteiger partial charge in [0.1, 0.15) is 5.60 Å². The number of nitrogens with zero attached hydrogens (tertiary/aromatic N) is 3. The summed E-state index contributed by atoms with van der Waals surface area (Å²) in [5.41, 5.74) is 0.287. The molecule has 0 aromatic carbocycles. The molecule has 2 aliphatic rings. The second-order valence-corrected chi connectivity index (χ2v) is 5.04. The standard InChI is InChI=1S/C13H18N4O3/c1-2-19-11-15-7-10(8-16-11)17-9-13(20-12(17)18)3-5-14-6-4-13/h7-8,14H,2-6,9H2,1H3. The second-order valence-electron chi connectivity index (χ2n) is 5.04. The number of amides is 1. The largest absolute Gasteiger partial charge is 0.464 e. The lowest BCUT2D eigenvalue weighted by molar-refractivity contribution is 0.0316. The van der Waals surface area contributed by atoms with Gasteiger partial charge in [0.2, 0.25) is 0 Å². The van der Waals surface area contributed by atoms with E-state index in [0.29, 0.717) is 24.8 Å². The maximum absolute atomic E-state index is 12.1. The Kier molecular flexibility index (Phi) is 3.43. The third-order valence-corrected chi connectivity index (χ3v) is 3.68. The van der Waals surface area contributed by atoms with Crippen LogP contribution in [0.2, 0.25) is 0 Å². The zero-order valence-electron chi connectivity index (χ0n) is 11.5. The lowest BCUT2D eigenvalue weighted by Gasteiger charge is -2.31. The fourth-order valence-corrected chi connectivity index (χ4v) is 2.62. The molecule has 1 aromatic rings. The van der Waals surface area contributed by atoms with Gasteiger partial charge in [-0.15, -0.1) is 0 Å². The average molecular weight is 278 g/mol. The number of piperidine rings is 1. The van der Waals surface area contributed by atoms with Crippen molar-refractivity contribution in [1.82, 2.24) is 15.3 Å². The molecule has 1 aromatic heterocycles. The maximum Gasteiger partial charge on any atom is 0.415 e. The van der Waals surface area contributed by atoms with Crippen molar-refractivity contribution in [3.8, 4) is 6.01 Å². The van der Waals surface area contributed by atoms with Gasteiger partial charge in [0.05, 0.1) is 31.2 Å². The molecule has 20 heavy (non-hydrogen) atoms. The van der Waals surface area contributed by atoms with E-state index in [9.17, 15) is 4.79 Å². The van der Waals surface area contributed by atoms with Crippen molar-refractivity contribution in [2.24, 2.45) is 0 Å². The number of hydrogen-bond donors (Lipinski definition) is 1. The average Bonchev–Trinajstić information content (AvgIpc) is 2.77. The number of carbonyl (C=O) groups is 1. The van der Waals surface area contributed by atoms with Crippen LogP contribution in [0.3, 0.4) is 0 Å². The summed E-state index contributed by atoms with van der Waals surface area (Å²) in [6.45, 7) is 4.70. The van der Waals surface area contributed by atoms with Crippen LogP contribution in [0.1, 0.15) is 19.8 Å². The van der Waals surface area contributed by atoms with Crippen molar-refractivity contribution in [2.75, 3.05) is 31.1 Å². The van der Waals surface area contributed by atoms with Crippen LogP contribution >= 0.6 is 0 Å². The van der Waals surface area contributed by atoms with Crippen molar-refractivity contribution >= 4 is 11.8 Å². The number of ether oxygens (including phenoxy) is 2. The summed E-state index contributed by atoms with van der Waals surface area (Å²) >= 11 is 0. The number of anilines is 1. The summed E-state index contributed by atoms with van der Waals surface area (Å²) in [7, 11) is 0. The fourth-order valence-electron chi connectivity index (χ4n) is 2.62. The number of rotatable bonds is 3. The number of carbonyl (C=O) groups excluding carboxylic acids is 1.